The van der Waals surface area contributed by atoms with E-state index >= 15 is 0 Å². The topological polar surface area (TPSA) is 49.8 Å². The Balaban J connectivity index is 1.84. The predicted octanol–water partition coefficient (Wildman–Crippen LogP) is 2.70. The molecule has 108 valence electrons. The summed E-state index contributed by atoms with van der Waals surface area (Å²) in [5.41, 5.74) is -1.40. The van der Waals surface area contributed by atoms with Crippen LogP contribution in [0.4, 0.5) is 0 Å². The number of rotatable bonds is 4. The third-order valence-electron chi connectivity index (χ3n) is 6.71. The summed E-state index contributed by atoms with van der Waals surface area (Å²) in [5.74, 6) is 0.429. The molecule has 0 spiro atoms. The van der Waals surface area contributed by atoms with E-state index in [1.54, 1.807) is 0 Å². The van der Waals surface area contributed by atoms with E-state index < -0.39 is 5.60 Å². The molecule has 3 heteroatoms. The Morgan fingerprint density at radius 1 is 1.37 bits per heavy atom. The fourth-order valence-corrected chi connectivity index (χ4v) is 4.76. The normalized spacial score (nSPS) is 50.5. The summed E-state index contributed by atoms with van der Waals surface area (Å²) in [4.78, 5) is 12.7. The lowest BCUT2D eigenvalue weighted by Crippen LogP contribution is -2.54. The van der Waals surface area contributed by atoms with Gasteiger partial charge >= 0.3 is 0 Å². The van der Waals surface area contributed by atoms with Gasteiger partial charge in [-0.05, 0) is 37.0 Å². The van der Waals surface area contributed by atoms with Crippen molar-refractivity contribution < 1.29 is 14.6 Å². The van der Waals surface area contributed by atoms with Gasteiger partial charge in [-0.2, -0.15) is 0 Å². The molecule has 2 saturated carbocycles. The van der Waals surface area contributed by atoms with Crippen molar-refractivity contribution >= 4 is 5.78 Å². The van der Waals surface area contributed by atoms with Crippen LogP contribution in [-0.2, 0) is 9.53 Å². The Kier molecular flexibility index (Phi) is 2.73. The average Bonchev–Trinajstić information content (AvgIpc) is 3.03. The van der Waals surface area contributed by atoms with E-state index in [0.29, 0.717) is 12.3 Å². The summed E-state index contributed by atoms with van der Waals surface area (Å²) in [6.45, 7) is 8.63. The SMILES string of the molecule is CCC[C@@H]1O[C@@H]1C(=O)[C@@]1(O)C[C@H]2CC[C@]1(C)C2(C)C. The van der Waals surface area contributed by atoms with E-state index in [1.807, 2.05) is 0 Å². The van der Waals surface area contributed by atoms with Gasteiger partial charge in [-0.15, -0.1) is 0 Å². The number of Topliss-reactive ketones (excluding diaryl/α,β-unsaturated/α-hetero) is 1. The lowest BCUT2D eigenvalue weighted by atomic mass is 9.62. The standard InChI is InChI=1S/C16H26O3/c1-5-6-11-12(19-11)13(17)16(18)9-10-7-8-15(16,4)14(10,2)3/h10-12,18H,5-9H2,1-4H3/t10-,11+,12+,15-,16+/m1/s1. The Labute approximate surface area is 115 Å². The second-order valence-corrected chi connectivity index (χ2v) is 7.60. The van der Waals surface area contributed by atoms with Gasteiger partial charge in [0.05, 0.1) is 6.10 Å². The van der Waals surface area contributed by atoms with E-state index in [4.69, 9.17) is 4.74 Å². The number of carbonyl (C=O) groups is 1. The number of aliphatic hydroxyl groups is 1. The number of ether oxygens (including phenoxy) is 1. The van der Waals surface area contributed by atoms with Crippen molar-refractivity contribution in [3.05, 3.63) is 0 Å². The summed E-state index contributed by atoms with van der Waals surface area (Å²) < 4.78 is 5.51. The van der Waals surface area contributed by atoms with Gasteiger partial charge in [0.2, 0.25) is 0 Å². The van der Waals surface area contributed by atoms with E-state index in [0.717, 1.165) is 25.7 Å². The highest BCUT2D eigenvalue weighted by molar-refractivity contribution is 5.95. The molecule has 2 aliphatic carbocycles. The minimum Gasteiger partial charge on any atom is -0.381 e. The fourth-order valence-electron chi connectivity index (χ4n) is 4.76. The Hall–Kier alpha value is -0.410. The zero-order valence-electron chi connectivity index (χ0n) is 12.5. The van der Waals surface area contributed by atoms with Gasteiger partial charge in [-0.1, -0.05) is 34.1 Å². The Bertz CT molecular complexity index is 416. The third kappa shape index (κ3) is 1.49. The molecule has 5 atom stereocenters. The summed E-state index contributed by atoms with van der Waals surface area (Å²) in [5, 5.41) is 11.1. The first-order chi connectivity index (χ1) is 8.78. The van der Waals surface area contributed by atoms with E-state index in [1.165, 1.54) is 0 Å². The average molecular weight is 266 g/mol. The highest BCUT2D eigenvalue weighted by atomic mass is 16.6. The van der Waals surface area contributed by atoms with Crippen molar-refractivity contribution in [2.75, 3.05) is 0 Å². The molecule has 3 nitrogen and oxygen atoms in total. The predicted molar refractivity (Wildman–Crippen MR) is 72.8 cm³/mol. The molecule has 0 aromatic rings. The van der Waals surface area contributed by atoms with Crippen LogP contribution in [0.5, 0.6) is 0 Å². The fraction of sp³-hybridized carbons (Fsp3) is 0.938. The molecule has 0 radical (unpaired) electrons. The molecule has 0 amide bonds. The molecule has 3 fully saturated rings. The number of ketones is 1. The lowest BCUT2D eigenvalue weighted by Gasteiger charge is -2.44. The van der Waals surface area contributed by atoms with Gasteiger partial charge in [0.25, 0.3) is 0 Å². The van der Waals surface area contributed by atoms with Gasteiger partial charge in [-0.3, -0.25) is 4.79 Å². The third-order valence-corrected chi connectivity index (χ3v) is 6.71. The van der Waals surface area contributed by atoms with Gasteiger partial charge in [-0.25, -0.2) is 0 Å². The molecular formula is C16H26O3. The Morgan fingerprint density at radius 2 is 2.05 bits per heavy atom. The smallest absolute Gasteiger partial charge is 0.196 e. The molecule has 0 aromatic heterocycles. The summed E-state index contributed by atoms with van der Waals surface area (Å²) in [7, 11) is 0. The quantitative estimate of drug-likeness (QED) is 0.796. The van der Waals surface area contributed by atoms with Crippen LogP contribution in [0.15, 0.2) is 0 Å². The van der Waals surface area contributed by atoms with Gasteiger partial charge in [0.1, 0.15) is 11.7 Å². The molecule has 1 saturated heterocycles. The van der Waals surface area contributed by atoms with Crippen molar-refractivity contribution in [2.24, 2.45) is 16.7 Å². The Morgan fingerprint density at radius 3 is 2.53 bits per heavy atom. The van der Waals surface area contributed by atoms with E-state index in [9.17, 15) is 9.90 Å². The summed E-state index contributed by atoms with van der Waals surface area (Å²) in [6, 6.07) is 0. The van der Waals surface area contributed by atoms with Gasteiger partial charge in [0, 0.05) is 5.41 Å². The van der Waals surface area contributed by atoms with Crippen molar-refractivity contribution in [1.29, 1.82) is 0 Å². The molecule has 3 rings (SSSR count). The first kappa shape index (κ1) is 13.6. The monoisotopic (exact) mass is 266 g/mol. The van der Waals surface area contributed by atoms with Gasteiger partial charge in [0.15, 0.2) is 5.78 Å². The molecule has 3 aliphatic rings. The van der Waals surface area contributed by atoms with Crippen molar-refractivity contribution in [1.82, 2.24) is 0 Å². The first-order valence-electron chi connectivity index (χ1n) is 7.70. The maximum Gasteiger partial charge on any atom is 0.196 e. The van der Waals surface area contributed by atoms with Crippen molar-refractivity contribution in [3.8, 4) is 0 Å². The van der Waals surface area contributed by atoms with Gasteiger partial charge < -0.3 is 9.84 Å². The summed E-state index contributed by atoms with van der Waals surface area (Å²) >= 11 is 0. The summed E-state index contributed by atoms with van der Waals surface area (Å²) in [6.07, 6.45) is 4.41. The number of hydrogen-bond donors (Lipinski definition) is 1. The molecule has 1 aliphatic heterocycles. The molecule has 1 N–H and O–H groups in total. The minimum absolute atomic E-state index is 0.0382. The van der Waals surface area contributed by atoms with Crippen LogP contribution in [0.1, 0.15) is 59.8 Å². The maximum absolute atomic E-state index is 12.7. The number of fused-ring (bicyclic) bond motifs is 2. The maximum atomic E-state index is 12.7. The molecule has 1 heterocycles. The number of hydrogen-bond acceptors (Lipinski definition) is 3. The number of epoxide rings is 1. The van der Waals surface area contributed by atoms with Crippen LogP contribution < -0.4 is 0 Å². The largest absolute Gasteiger partial charge is 0.381 e. The molecular weight excluding hydrogens is 240 g/mol. The van der Waals surface area contributed by atoms with Crippen LogP contribution in [0.25, 0.3) is 0 Å². The van der Waals surface area contributed by atoms with Crippen molar-refractivity contribution in [3.63, 3.8) is 0 Å². The van der Waals surface area contributed by atoms with Crippen LogP contribution in [0, 0.1) is 16.7 Å². The highest BCUT2D eigenvalue weighted by Crippen LogP contribution is 2.70. The first-order valence-corrected chi connectivity index (χ1v) is 7.70. The molecule has 2 bridgehead atoms. The molecule has 0 unspecified atom stereocenters. The molecule has 0 aromatic carbocycles. The highest BCUT2D eigenvalue weighted by Gasteiger charge is 2.73. The zero-order chi connectivity index (χ0) is 14.1. The molecule has 19 heavy (non-hydrogen) atoms. The minimum atomic E-state index is -1.16. The van der Waals surface area contributed by atoms with Crippen molar-refractivity contribution in [2.45, 2.75) is 77.6 Å². The lowest BCUT2D eigenvalue weighted by molar-refractivity contribution is -0.156. The second-order valence-electron chi connectivity index (χ2n) is 7.60. The van der Waals surface area contributed by atoms with E-state index in [-0.39, 0.29) is 28.8 Å². The zero-order valence-corrected chi connectivity index (χ0v) is 12.5. The van der Waals surface area contributed by atoms with E-state index in [2.05, 4.69) is 27.7 Å². The number of carbonyl (C=O) groups excluding carboxylic acids is 1. The second kappa shape index (κ2) is 3.82. The van der Waals surface area contributed by atoms with Crippen LogP contribution in [0.3, 0.4) is 0 Å². The van der Waals surface area contributed by atoms with Crippen LogP contribution in [-0.4, -0.2) is 28.7 Å². The van der Waals surface area contributed by atoms with Crippen LogP contribution in [0.2, 0.25) is 0 Å². The van der Waals surface area contributed by atoms with Crippen LogP contribution >= 0.6 is 0 Å².